The number of thiophene rings is 1. The van der Waals surface area contributed by atoms with Crippen LogP contribution in [0.3, 0.4) is 0 Å². The van der Waals surface area contributed by atoms with Crippen LogP contribution in [0.25, 0.3) is 10.8 Å². The molecule has 3 rings (SSSR count). The lowest BCUT2D eigenvalue weighted by atomic mass is 10.1. The van der Waals surface area contributed by atoms with Crippen LogP contribution in [0.4, 0.5) is 0 Å². The van der Waals surface area contributed by atoms with Crippen LogP contribution in [0.15, 0.2) is 53.9 Å². The van der Waals surface area contributed by atoms with Crippen LogP contribution in [0.1, 0.15) is 20.0 Å². The molecule has 1 heterocycles. The summed E-state index contributed by atoms with van der Waals surface area (Å²) >= 11 is 1.19. The Hall–Kier alpha value is -3.19. The molecule has 2 amide bonds. The lowest BCUT2D eigenvalue weighted by Gasteiger charge is -2.08. The van der Waals surface area contributed by atoms with Crippen molar-refractivity contribution in [3.05, 3.63) is 64.4 Å². The van der Waals surface area contributed by atoms with Gasteiger partial charge in [-0.05, 0) is 22.9 Å². The normalized spacial score (nSPS) is 10.4. The fourth-order valence-electron chi connectivity index (χ4n) is 2.26. The van der Waals surface area contributed by atoms with Crippen molar-refractivity contribution < 1.29 is 24.2 Å². The number of amides is 2. The van der Waals surface area contributed by atoms with Gasteiger partial charge in [-0.2, -0.15) is 0 Å². The van der Waals surface area contributed by atoms with Crippen molar-refractivity contribution in [3.63, 3.8) is 0 Å². The van der Waals surface area contributed by atoms with Crippen LogP contribution < -0.4 is 5.32 Å². The fraction of sp³-hybridized carbons (Fsp3) is 0.0556. The van der Waals surface area contributed by atoms with Gasteiger partial charge in [-0.1, -0.05) is 36.4 Å². The number of imide groups is 1. The van der Waals surface area contributed by atoms with Crippen molar-refractivity contribution in [2.24, 2.45) is 0 Å². The largest absolute Gasteiger partial charge is 0.506 e. The maximum absolute atomic E-state index is 12.1. The highest BCUT2D eigenvalue weighted by Crippen LogP contribution is 2.28. The third-order valence-corrected chi connectivity index (χ3v) is 4.32. The Bertz CT molecular complexity index is 949. The van der Waals surface area contributed by atoms with Gasteiger partial charge >= 0.3 is 5.97 Å². The van der Waals surface area contributed by atoms with Gasteiger partial charge in [-0.3, -0.25) is 14.9 Å². The summed E-state index contributed by atoms with van der Waals surface area (Å²) in [5.74, 6) is -2.35. The Morgan fingerprint density at radius 3 is 2.60 bits per heavy atom. The number of hydrogen-bond acceptors (Lipinski definition) is 6. The van der Waals surface area contributed by atoms with E-state index in [9.17, 15) is 19.5 Å². The van der Waals surface area contributed by atoms with Gasteiger partial charge in [0.25, 0.3) is 11.8 Å². The molecule has 25 heavy (non-hydrogen) atoms. The van der Waals surface area contributed by atoms with Crippen molar-refractivity contribution in [2.45, 2.75) is 0 Å². The van der Waals surface area contributed by atoms with Gasteiger partial charge in [0.1, 0.15) is 11.3 Å². The van der Waals surface area contributed by atoms with Crippen LogP contribution in [0.5, 0.6) is 5.75 Å². The molecular formula is C18H13NO5S. The Morgan fingerprint density at radius 1 is 1.04 bits per heavy atom. The van der Waals surface area contributed by atoms with Gasteiger partial charge in [0.05, 0.1) is 4.88 Å². The average Bonchev–Trinajstić information content (AvgIpc) is 3.15. The molecule has 0 aliphatic rings. The zero-order valence-electron chi connectivity index (χ0n) is 12.9. The molecule has 0 fully saturated rings. The SMILES string of the molecule is O=C(COC(=O)c1ccc2ccccc2c1O)NC(=O)c1cccs1. The quantitative estimate of drug-likeness (QED) is 0.702. The molecule has 3 aromatic rings. The smallest absolute Gasteiger partial charge is 0.342 e. The van der Waals surface area contributed by atoms with Gasteiger partial charge in [0.2, 0.25) is 0 Å². The second-order valence-electron chi connectivity index (χ2n) is 5.11. The minimum atomic E-state index is -0.845. The first-order valence-corrected chi connectivity index (χ1v) is 8.20. The second kappa shape index (κ2) is 7.14. The Labute approximate surface area is 146 Å². The number of benzene rings is 2. The van der Waals surface area contributed by atoms with Crippen molar-refractivity contribution >= 4 is 39.9 Å². The summed E-state index contributed by atoms with van der Waals surface area (Å²) in [6.07, 6.45) is 0. The van der Waals surface area contributed by atoms with E-state index in [0.717, 1.165) is 5.39 Å². The van der Waals surface area contributed by atoms with Gasteiger partial charge in [0, 0.05) is 5.39 Å². The lowest BCUT2D eigenvalue weighted by molar-refractivity contribution is -0.123. The van der Waals surface area contributed by atoms with Crippen LogP contribution >= 0.6 is 11.3 Å². The van der Waals surface area contributed by atoms with Crippen LogP contribution in [-0.4, -0.2) is 29.5 Å². The lowest BCUT2D eigenvalue weighted by Crippen LogP contribution is -2.33. The maximum Gasteiger partial charge on any atom is 0.342 e. The van der Waals surface area contributed by atoms with Crippen molar-refractivity contribution in [1.29, 1.82) is 0 Å². The first-order valence-electron chi connectivity index (χ1n) is 7.32. The summed E-state index contributed by atoms with van der Waals surface area (Å²) in [5.41, 5.74) is -0.0453. The van der Waals surface area contributed by atoms with E-state index < -0.39 is 24.4 Å². The van der Waals surface area contributed by atoms with E-state index >= 15 is 0 Å². The molecule has 0 unspecified atom stereocenters. The molecule has 0 saturated heterocycles. The molecular weight excluding hydrogens is 342 g/mol. The van der Waals surface area contributed by atoms with Crippen LogP contribution in [-0.2, 0) is 9.53 Å². The number of esters is 1. The number of nitrogens with one attached hydrogen (secondary N) is 1. The molecule has 2 N–H and O–H groups in total. The minimum absolute atomic E-state index is 0.0453. The fourth-order valence-corrected chi connectivity index (χ4v) is 2.88. The molecule has 1 aromatic heterocycles. The van der Waals surface area contributed by atoms with Gasteiger partial charge in [-0.15, -0.1) is 11.3 Å². The Kier molecular flexibility index (Phi) is 4.76. The Balaban J connectivity index is 1.64. The molecule has 0 spiro atoms. The molecule has 2 aromatic carbocycles. The molecule has 0 atom stereocenters. The zero-order chi connectivity index (χ0) is 17.8. The van der Waals surface area contributed by atoms with Crippen molar-refractivity contribution in [3.8, 4) is 5.75 Å². The summed E-state index contributed by atoms with van der Waals surface area (Å²) in [6.45, 7) is -0.623. The topological polar surface area (TPSA) is 92.7 Å². The van der Waals surface area contributed by atoms with Gasteiger partial charge in [-0.25, -0.2) is 4.79 Å². The number of rotatable bonds is 4. The van der Waals surface area contributed by atoms with Crippen molar-refractivity contribution in [1.82, 2.24) is 5.32 Å². The number of carbonyl (C=O) groups is 3. The van der Waals surface area contributed by atoms with E-state index in [0.29, 0.717) is 10.3 Å². The van der Waals surface area contributed by atoms with E-state index in [1.165, 1.54) is 17.4 Å². The van der Waals surface area contributed by atoms with E-state index in [-0.39, 0.29) is 11.3 Å². The number of carbonyl (C=O) groups excluding carboxylic acids is 3. The molecule has 0 aliphatic carbocycles. The third kappa shape index (κ3) is 3.67. The summed E-state index contributed by atoms with van der Waals surface area (Å²) in [6, 6.07) is 13.4. The first-order chi connectivity index (χ1) is 12.1. The molecule has 0 radical (unpaired) electrons. The number of aromatic hydroxyl groups is 1. The van der Waals surface area contributed by atoms with Gasteiger partial charge in [0.15, 0.2) is 6.61 Å². The number of ether oxygens (including phenoxy) is 1. The van der Waals surface area contributed by atoms with Crippen molar-refractivity contribution in [2.75, 3.05) is 6.61 Å². The maximum atomic E-state index is 12.1. The molecule has 0 aliphatic heterocycles. The Morgan fingerprint density at radius 2 is 1.84 bits per heavy atom. The monoisotopic (exact) mass is 355 g/mol. The highest BCUT2D eigenvalue weighted by molar-refractivity contribution is 7.12. The molecule has 6 nitrogen and oxygen atoms in total. The summed E-state index contributed by atoms with van der Waals surface area (Å²) in [7, 11) is 0. The van der Waals surface area contributed by atoms with E-state index in [2.05, 4.69) is 5.32 Å². The van der Waals surface area contributed by atoms with E-state index in [1.807, 2.05) is 6.07 Å². The number of phenols is 1. The highest BCUT2D eigenvalue weighted by Gasteiger charge is 2.17. The summed E-state index contributed by atoms with van der Waals surface area (Å²) < 4.78 is 4.88. The minimum Gasteiger partial charge on any atom is -0.506 e. The number of fused-ring (bicyclic) bond motifs is 1. The highest BCUT2D eigenvalue weighted by atomic mass is 32.1. The van der Waals surface area contributed by atoms with Crippen LogP contribution in [0.2, 0.25) is 0 Å². The summed E-state index contributed by atoms with van der Waals surface area (Å²) in [5, 5.41) is 15.3. The summed E-state index contributed by atoms with van der Waals surface area (Å²) in [4.78, 5) is 35.9. The van der Waals surface area contributed by atoms with Crippen LogP contribution in [0, 0.1) is 0 Å². The predicted octanol–water partition coefficient (Wildman–Crippen LogP) is 2.72. The molecule has 0 bridgehead atoms. The first kappa shape index (κ1) is 16.7. The van der Waals surface area contributed by atoms with E-state index in [4.69, 9.17) is 4.74 Å². The molecule has 126 valence electrons. The number of phenolic OH excluding ortho intramolecular Hbond substituents is 1. The zero-order valence-corrected chi connectivity index (χ0v) is 13.7. The molecule has 7 heteroatoms. The standard InChI is InChI=1S/C18H13NO5S/c20-15(19-17(22)14-6-3-9-25-14)10-24-18(23)13-8-7-11-4-1-2-5-12(11)16(13)21/h1-9,21H,10H2,(H,19,20,22). The van der Waals surface area contributed by atoms with Gasteiger partial charge < -0.3 is 9.84 Å². The van der Waals surface area contributed by atoms with E-state index in [1.54, 1.807) is 41.8 Å². The average molecular weight is 355 g/mol. The molecule has 0 saturated carbocycles. The second-order valence-corrected chi connectivity index (χ2v) is 6.06. The third-order valence-electron chi connectivity index (χ3n) is 3.45. The number of hydrogen-bond donors (Lipinski definition) is 2. The predicted molar refractivity (Wildman–Crippen MR) is 92.7 cm³/mol.